The predicted octanol–water partition coefficient (Wildman–Crippen LogP) is 4.02. The molecule has 0 saturated carbocycles. The highest BCUT2D eigenvalue weighted by Crippen LogP contribution is 2.21. The van der Waals surface area contributed by atoms with Gasteiger partial charge in [0.15, 0.2) is 0 Å². The molecular formula is C22H27ClFN3O2. The van der Waals surface area contributed by atoms with Crippen molar-refractivity contribution in [1.29, 1.82) is 0 Å². The molecule has 156 valence electrons. The maximum atomic E-state index is 13.9. The summed E-state index contributed by atoms with van der Waals surface area (Å²) in [5, 5.41) is 6.04. The minimum atomic E-state index is -0.576. The van der Waals surface area contributed by atoms with Gasteiger partial charge < -0.3 is 15.5 Å². The van der Waals surface area contributed by atoms with Gasteiger partial charge >= 0.3 is 0 Å². The molecule has 5 nitrogen and oxygen atoms in total. The smallest absolute Gasteiger partial charge is 0.258 e. The van der Waals surface area contributed by atoms with Crippen molar-refractivity contribution in [3.05, 3.63) is 65.0 Å². The number of hydrogen-bond acceptors (Lipinski definition) is 3. The molecule has 1 aliphatic heterocycles. The zero-order valence-electron chi connectivity index (χ0n) is 16.7. The highest BCUT2D eigenvalue weighted by molar-refractivity contribution is 6.05. The standard InChI is InChI=1S/C22H26FN3O2.ClH/c1-3-12-26(17-10-11-24-14-17)22(28)16-9-8-15(2)20(13-16)25-21(27)18-6-4-5-7-19(18)23;/h4-9,13,17,24H,3,10-12,14H2,1-2H3,(H,25,27);1H. The van der Waals surface area contributed by atoms with Crippen LogP contribution in [0.4, 0.5) is 10.1 Å². The maximum Gasteiger partial charge on any atom is 0.258 e. The zero-order valence-corrected chi connectivity index (χ0v) is 17.5. The third-order valence-electron chi connectivity index (χ3n) is 5.05. The molecule has 1 atom stereocenters. The fourth-order valence-electron chi connectivity index (χ4n) is 3.49. The van der Waals surface area contributed by atoms with E-state index in [0.29, 0.717) is 17.8 Å². The lowest BCUT2D eigenvalue weighted by Crippen LogP contribution is -2.42. The second kappa shape index (κ2) is 10.4. The lowest BCUT2D eigenvalue weighted by atomic mass is 10.1. The van der Waals surface area contributed by atoms with Crippen molar-refractivity contribution in [2.75, 3.05) is 25.0 Å². The Bertz CT molecular complexity index is 869. The summed E-state index contributed by atoms with van der Waals surface area (Å²) in [5.41, 5.74) is 1.82. The average molecular weight is 420 g/mol. The third-order valence-corrected chi connectivity index (χ3v) is 5.05. The summed E-state index contributed by atoms with van der Waals surface area (Å²) in [4.78, 5) is 27.5. The molecule has 0 aliphatic carbocycles. The van der Waals surface area contributed by atoms with E-state index in [1.54, 1.807) is 24.3 Å². The summed E-state index contributed by atoms with van der Waals surface area (Å²) in [6.07, 6.45) is 1.82. The average Bonchev–Trinajstić information content (AvgIpc) is 3.22. The van der Waals surface area contributed by atoms with Gasteiger partial charge in [-0.15, -0.1) is 12.4 Å². The molecule has 1 heterocycles. The summed E-state index contributed by atoms with van der Waals surface area (Å²) < 4.78 is 13.9. The van der Waals surface area contributed by atoms with Crippen LogP contribution in [0.5, 0.6) is 0 Å². The van der Waals surface area contributed by atoms with E-state index < -0.39 is 11.7 Å². The Balaban J connectivity index is 0.00000300. The molecule has 1 unspecified atom stereocenters. The van der Waals surface area contributed by atoms with Gasteiger partial charge in [0.1, 0.15) is 5.82 Å². The fourth-order valence-corrected chi connectivity index (χ4v) is 3.49. The SMILES string of the molecule is CCCN(C(=O)c1ccc(C)c(NC(=O)c2ccccc2F)c1)C1CCNC1.Cl. The molecule has 0 aromatic heterocycles. The van der Waals surface area contributed by atoms with Gasteiger partial charge in [-0.1, -0.05) is 25.1 Å². The zero-order chi connectivity index (χ0) is 20.1. The van der Waals surface area contributed by atoms with Crippen molar-refractivity contribution in [1.82, 2.24) is 10.2 Å². The van der Waals surface area contributed by atoms with Crippen LogP contribution in [0.15, 0.2) is 42.5 Å². The Hall–Kier alpha value is -2.44. The fraction of sp³-hybridized carbons (Fsp3) is 0.364. The van der Waals surface area contributed by atoms with Gasteiger partial charge in [0, 0.05) is 30.4 Å². The molecule has 0 spiro atoms. The van der Waals surface area contributed by atoms with Crippen molar-refractivity contribution in [2.45, 2.75) is 32.7 Å². The van der Waals surface area contributed by atoms with Crippen LogP contribution in [0, 0.1) is 12.7 Å². The molecule has 3 rings (SSSR count). The predicted molar refractivity (Wildman–Crippen MR) is 115 cm³/mol. The largest absolute Gasteiger partial charge is 0.334 e. The summed E-state index contributed by atoms with van der Waals surface area (Å²) in [7, 11) is 0. The summed E-state index contributed by atoms with van der Waals surface area (Å²) in [5.74, 6) is -1.15. The van der Waals surface area contributed by atoms with Crippen molar-refractivity contribution in [3.8, 4) is 0 Å². The van der Waals surface area contributed by atoms with Crippen LogP contribution < -0.4 is 10.6 Å². The molecule has 1 saturated heterocycles. The highest BCUT2D eigenvalue weighted by atomic mass is 35.5. The second-order valence-electron chi connectivity index (χ2n) is 7.11. The van der Waals surface area contributed by atoms with Crippen molar-refractivity contribution in [3.63, 3.8) is 0 Å². The van der Waals surface area contributed by atoms with Gasteiger partial charge in [0.25, 0.3) is 11.8 Å². The van der Waals surface area contributed by atoms with Crippen LogP contribution >= 0.6 is 12.4 Å². The molecule has 2 aromatic rings. The number of rotatable bonds is 6. The molecule has 2 amide bonds. The van der Waals surface area contributed by atoms with Crippen molar-refractivity contribution < 1.29 is 14.0 Å². The molecule has 29 heavy (non-hydrogen) atoms. The Morgan fingerprint density at radius 2 is 2.00 bits per heavy atom. The first-order valence-electron chi connectivity index (χ1n) is 9.69. The Morgan fingerprint density at radius 1 is 1.24 bits per heavy atom. The van der Waals surface area contributed by atoms with Crippen LogP contribution in [0.2, 0.25) is 0 Å². The lowest BCUT2D eigenvalue weighted by Gasteiger charge is -2.28. The number of nitrogens with zero attached hydrogens (tertiary/aromatic N) is 1. The van der Waals surface area contributed by atoms with Crippen molar-refractivity contribution in [2.24, 2.45) is 0 Å². The molecule has 0 radical (unpaired) electrons. The maximum absolute atomic E-state index is 13.9. The van der Waals surface area contributed by atoms with Gasteiger partial charge in [0.2, 0.25) is 0 Å². The molecule has 1 fully saturated rings. The van der Waals surface area contributed by atoms with Gasteiger partial charge in [-0.25, -0.2) is 4.39 Å². The summed E-state index contributed by atoms with van der Waals surface area (Å²) >= 11 is 0. The van der Waals surface area contributed by atoms with E-state index >= 15 is 0 Å². The van der Waals surface area contributed by atoms with Crippen LogP contribution in [-0.2, 0) is 0 Å². The minimum absolute atomic E-state index is 0. The molecule has 0 bridgehead atoms. The number of carbonyl (C=O) groups is 2. The summed E-state index contributed by atoms with van der Waals surface area (Å²) in [6, 6.07) is 11.3. The van der Waals surface area contributed by atoms with E-state index in [-0.39, 0.29) is 29.9 Å². The van der Waals surface area contributed by atoms with Crippen molar-refractivity contribution >= 4 is 29.9 Å². The molecule has 2 N–H and O–H groups in total. The van der Waals surface area contributed by atoms with Crippen LogP contribution in [-0.4, -0.2) is 42.4 Å². The van der Waals surface area contributed by atoms with Gasteiger partial charge in [-0.05, 0) is 56.1 Å². The van der Waals surface area contributed by atoms with Crippen LogP contribution in [0.1, 0.15) is 46.0 Å². The molecule has 7 heteroatoms. The lowest BCUT2D eigenvalue weighted by molar-refractivity contribution is 0.0692. The minimum Gasteiger partial charge on any atom is -0.334 e. The number of anilines is 1. The topological polar surface area (TPSA) is 61.4 Å². The Labute approximate surface area is 177 Å². The Morgan fingerprint density at radius 3 is 2.66 bits per heavy atom. The van der Waals surface area contributed by atoms with Gasteiger partial charge in [-0.3, -0.25) is 9.59 Å². The number of aryl methyl sites for hydroxylation is 1. The highest BCUT2D eigenvalue weighted by Gasteiger charge is 2.27. The van der Waals surface area contributed by atoms with Gasteiger partial charge in [-0.2, -0.15) is 0 Å². The monoisotopic (exact) mass is 419 g/mol. The first kappa shape index (κ1) is 22.8. The molecule has 1 aliphatic rings. The third kappa shape index (κ3) is 5.34. The number of carbonyl (C=O) groups excluding carboxylic acids is 2. The van der Waals surface area contributed by atoms with E-state index in [9.17, 15) is 14.0 Å². The number of benzene rings is 2. The molecular weight excluding hydrogens is 393 g/mol. The van der Waals surface area contributed by atoms with E-state index in [2.05, 4.69) is 17.6 Å². The van der Waals surface area contributed by atoms with E-state index in [0.717, 1.165) is 31.5 Å². The van der Waals surface area contributed by atoms with Crippen LogP contribution in [0.3, 0.4) is 0 Å². The first-order valence-corrected chi connectivity index (χ1v) is 9.69. The second-order valence-corrected chi connectivity index (χ2v) is 7.11. The Kier molecular flexibility index (Phi) is 8.17. The number of hydrogen-bond donors (Lipinski definition) is 2. The quantitative estimate of drug-likeness (QED) is 0.743. The van der Waals surface area contributed by atoms with Crippen LogP contribution in [0.25, 0.3) is 0 Å². The first-order chi connectivity index (χ1) is 13.5. The number of amides is 2. The van der Waals surface area contributed by atoms with E-state index in [4.69, 9.17) is 0 Å². The van der Waals surface area contributed by atoms with Gasteiger partial charge in [0.05, 0.1) is 5.56 Å². The summed E-state index contributed by atoms with van der Waals surface area (Å²) in [6.45, 7) is 6.30. The van der Waals surface area contributed by atoms with E-state index in [1.165, 1.54) is 18.2 Å². The number of nitrogens with one attached hydrogen (secondary N) is 2. The normalized spacial score (nSPS) is 15.5. The van der Waals surface area contributed by atoms with E-state index in [1.807, 2.05) is 11.8 Å². The number of halogens is 2. The molecule has 2 aromatic carbocycles.